The van der Waals surface area contributed by atoms with E-state index in [4.69, 9.17) is 21.1 Å². The number of benzene rings is 3. The van der Waals surface area contributed by atoms with Crippen LogP contribution >= 0.6 is 11.6 Å². The number of nitrogens with zero attached hydrogens (tertiary/aromatic N) is 1. The van der Waals surface area contributed by atoms with Gasteiger partial charge in [-0.05, 0) is 23.6 Å². The molecular weight excluding hydrogens is 376 g/mol. The lowest BCUT2D eigenvalue weighted by Gasteiger charge is -2.31. The average molecular weight is 397 g/mol. The molecule has 1 N–H and O–H groups in total. The predicted octanol–water partition coefficient (Wildman–Crippen LogP) is 4.35. The number of anilines is 2. The Bertz CT molecular complexity index is 981. The summed E-state index contributed by atoms with van der Waals surface area (Å²) in [7, 11) is 0. The van der Waals surface area contributed by atoms with Gasteiger partial charge in [-0.1, -0.05) is 54.1 Å². The molecule has 5 nitrogen and oxygen atoms in total. The van der Waals surface area contributed by atoms with Crippen LogP contribution in [0.15, 0.2) is 60.7 Å². The minimum atomic E-state index is -0.232. The van der Waals surface area contributed by atoms with Crippen LogP contribution in [-0.4, -0.2) is 38.8 Å². The van der Waals surface area contributed by atoms with E-state index in [1.807, 2.05) is 60.7 Å². The minimum Gasteiger partial charge on any atom is -0.483 e. The predicted molar refractivity (Wildman–Crippen MR) is 113 cm³/mol. The Morgan fingerprint density at radius 1 is 1.04 bits per heavy atom. The van der Waals surface area contributed by atoms with Gasteiger partial charge in [-0.25, -0.2) is 0 Å². The molecule has 1 aliphatic heterocycles. The summed E-state index contributed by atoms with van der Waals surface area (Å²) in [5.41, 5.74) is 1.51. The smallest absolute Gasteiger partial charge is 0.262 e. The van der Waals surface area contributed by atoms with Crippen LogP contribution in [0.2, 0.25) is 5.02 Å². The Balaban J connectivity index is 1.47. The van der Waals surface area contributed by atoms with Crippen molar-refractivity contribution < 1.29 is 14.3 Å². The van der Waals surface area contributed by atoms with E-state index in [0.29, 0.717) is 29.7 Å². The zero-order valence-corrected chi connectivity index (χ0v) is 16.1. The second kappa shape index (κ2) is 8.50. The van der Waals surface area contributed by atoms with E-state index in [1.165, 1.54) is 0 Å². The molecule has 0 aliphatic carbocycles. The van der Waals surface area contributed by atoms with E-state index >= 15 is 0 Å². The highest BCUT2D eigenvalue weighted by Crippen LogP contribution is 2.34. The fourth-order valence-electron chi connectivity index (χ4n) is 3.38. The maximum Gasteiger partial charge on any atom is 0.262 e. The van der Waals surface area contributed by atoms with E-state index < -0.39 is 0 Å². The lowest BCUT2D eigenvalue weighted by atomic mass is 10.1. The Morgan fingerprint density at radius 3 is 2.64 bits per heavy atom. The third kappa shape index (κ3) is 4.06. The number of carbonyl (C=O) groups is 1. The molecule has 0 atom stereocenters. The number of carbonyl (C=O) groups excluding carboxylic acids is 1. The number of hydrogen-bond acceptors (Lipinski definition) is 4. The Kier molecular flexibility index (Phi) is 5.65. The molecule has 1 fully saturated rings. The number of rotatable bonds is 5. The summed E-state index contributed by atoms with van der Waals surface area (Å²) in [6, 6.07) is 19.2. The highest BCUT2D eigenvalue weighted by Gasteiger charge is 2.19. The number of halogens is 1. The van der Waals surface area contributed by atoms with E-state index in [1.54, 1.807) is 0 Å². The van der Waals surface area contributed by atoms with Crippen molar-refractivity contribution in [2.24, 2.45) is 0 Å². The molecule has 0 unspecified atom stereocenters. The van der Waals surface area contributed by atoms with Gasteiger partial charge in [0.15, 0.2) is 6.61 Å². The number of nitrogens with one attached hydrogen (secondary N) is 1. The van der Waals surface area contributed by atoms with Crippen molar-refractivity contribution in [3.05, 3.63) is 65.7 Å². The van der Waals surface area contributed by atoms with Gasteiger partial charge in [-0.3, -0.25) is 4.79 Å². The van der Waals surface area contributed by atoms with E-state index in [2.05, 4.69) is 10.2 Å². The van der Waals surface area contributed by atoms with Crippen LogP contribution in [0, 0.1) is 0 Å². The van der Waals surface area contributed by atoms with Gasteiger partial charge in [0.1, 0.15) is 5.75 Å². The van der Waals surface area contributed by atoms with Crippen LogP contribution in [-0.2, 0) is 9.53 Å². The molecule has 1 amide bonds. The molecule has 3 aromatic carbocycles. The summed E-state index contributed by atoms with van der Waals surface area (Å²) >= 11 is 6.42. The highest BCUT2D eigenvalue weighted by molar-refractivity contribution is 6.34. The van der Waals surface area contributed by atoms with E-state index in [-0.39, 0.29) is 12.5 Å². The molecule has 6 heteroatoms. The zero-order valence-electron chi connectivity index (χ0n) is 15.4. The maximum atomic E-state index is 12.5. The van der Waals surface area contributed by atoms with Crippen LogP contribution in [0.3, 0.4) is 0 Å². The van der Waals surface area contributed by atoms with Crippen molar-refractivity contribution in [3.63, 3.8) is 0 Å². The van der Waals surface area contributed by atoms with Gasteiger partial charge in [0.05, 0.1) is 29.6 Å². The van der Waals surface area contributed by atoms with E-state index in [9.17, 15) is 4.79 Å². The van der Waals surface area contributed by atoms with Crippen LogP contribution in [0.1, 0.15) is 0 Å². The summed E-state index contributed by atoms with van der Waals surface area (Å²) in [6.45, 7) is 2.67. The van der Waals surface area contributed by atoms with Gasteiger partial charge in [-0.2, -0.15) is 0 Å². The SMILES string of the molecule is O=C(COc1cccc2ccccc12)Nc1cccc(Cl)c1N1CCOCC1. The number of para-hydroxylation sites is 1. The first-order valence-electron chi connectivity index (χ1n) is 9.24. The lowest BCUT2D eigenvalue weighted by molar-refractivity contribution is -0.118. The van der Waals surface area contributed by atoms with Crippen LogP contribution < -0.4 is 15.0 Å². The lowest BCUT2D eigenvalue weighted by Crippen LogP contribution is -2.37. The molecule has 3 aromatic rings. The molecule has 0 bridgehead atoms. The molecule has 144 valence electrons. The number of morpholine rings is 1. The molecule has 1 heterocycles. The number of ether oxygens (including phenoxy) is 2. The van der Waals surface area contributed by atoms with E-state index in [0.717, 1.165) is 29.5 Å². The summed E-state index contributed by atoms with van der Waals surface area (Å²) in [5, 5.41) is 5.60. The van der Waals surface area contributed by atoms with Crippen molar-refractivity contribution in [2.45, 2.75) is 0 Å². The quantitative estimate of drug-likeness (QED) is 0.696. The van der Waals surface area contributed by atoms with Crippen molar-refractivity contribution in [1.82, 2.24) is 0 Å². The maximum absolute atomic E-state index is 12.5. The molecule has 0 aromatic heterocycles. The molecule has 28 heavy (non-hydrogen) atoms. The fraction of sp³-hybridized carbons (Fsp3) is 0.227. The number of amides is 1. The first-order chi connectivity index (χ1) is 13.7. The Labute approximate surface area is 168 Å². The Hall–Kier alpha value is -2.76. The second-order valence-electron chi connectivity index (χ2n) is 6.55. The molecule has 1 aliphatic rings. The van der Waals surface area contributed by atoms with Crippen molar-refractivity contribution >= 4 is 39.7 Å². The Morgan fingerprint density at radius 2 is 1.79 bits per heavy atom. The van der Waals surface area contributed by atoms with Gasteiger partial charge < -0.3 is 19.7 Å². The van der Waals surface area contributed by atoms with Crippen LogP contribution in [0.4, 0.5) is 11.4 Å². The number of fused-ring (bicyclic) bond motifs is 1. The monoisotopic (exact) mass is 396 g/mol. The first kappa shape index (κ1) is 18.6. The molecule has 0 radical (unpaired) electrons. The summed E-state index contributed by atoms with van der Waals surface area (Å²) in [5.74, 6) is 0.456. The zero-order chi connectivity index (χ0) is 19.3. The summed E-state index contributed by atoms with van der Waals surface area (Å²) in [4.78, 5) is 14.7. The highest BCUT2D eigenvalue weighted by atomic mass is 35.5. The van der Waals surface area contributed by atoms with Gasteiger partial charge in [0, 0.05) is 18.5 Å². The largest absolute Gasteiger partial charge is 0.483 e. The molecule has 4 rings (SSSR count). The summed E-state index contributed by atoms with van der Waals surface area (Å²) < 4.78 is 11.2. The van der Waals surface area contributed by atoms with Gasteiger partial charge in [0.2, 0.25) is 0 Å². The van der Waals surface area contributed by atoms with Crippen LogP contribution in [0.25, 0.3) is 10.8 Å². The molecular formula is C22H21ClN2O3. The summed E-state index contributed by atoms with van der Waals surface area (Å²) in [6.07, 6.45) is 0. The fourth-order valence-corrected chi connectivity index (χ4v) is 3.67. The van der Waals surface area contributed by atoms with Gasteiger partial charge in [-0.15, -0.1) is 0 Å². The third-order valence-corrected chi connectivity index (χ3v) is 5.00. The minimum absolute atomic E-state index is 0.0803. The topological polar surface area (TPSA) is 50.8 Å². The van der Waals surface area contributed by atoms with Crippen molar-refractivity contribution in [2.75, 3.05) is 43.1 Å². The molecule has 0 spiro atoms. The average Bonchev–Trinajstić information content (AvgIpc) is 2.73. The van der Waals surface area contributed by atoms with Gasteiger partial charge in [0.25, 0.3) is 5.91 Å². The second-order valence-corrected chi connectivity index (χ2v) is 6.96. The van der Waals surface area contributed by atoms with Gasteiger partial charge >= 0.3 is 0 Å². The standard InChI is InChI=1S/C22H21ClN2O3/c23-18-8-4-9-19(22(18)25-11-13-27-14-12-25)24-21(26)15-28-20-10-3-6-16-5-1-2-7-17(16)20/h1-10H,11-15H2,(H,24,26). The number of hydrogen-bond donors (Lipinski definition) is 1. The van der Waals surface area contributed by atoms with Crippen molar-refractivity contribution in [1.29, 1.82) is 0 Å². The van der Waals surface area contributed by atoms with Crippen LogP contribution in [0.5, 0.6) is 5.75 Å². The third-order valence-electron chi connectivity index (χ3n) is 4.70. The van der Waals surface area contributed by atoms with Crippen molar-refractivity contribution in [3.8, 4) is 5.75 Å². The normalized spacial score (nSPS) is 14.1. The first-order valence-corrected chi connectivity index (χ1v) is 9.62. The molecule has 0 saturated carbocycles. The molecule has 1 saturated heterocycles.